The number of aryl methyl sites for hydroxylation is 1. The maximum absolute atomic E-state index is 11.9. The highest BCUT2D eigenvalue weighted by molar-refractivity contribution is 5.82. The number of carbonyl (C=O) groups is 2. The number of rotatable bonds is 7. The van der Waals surface area contributed by atoms with Crippen molar-refractivity contribution >= 4 is 12.0 Å². The third-order valence-electron chi connectivity index (χ3n) is 3.50. The van der Waals surface area contributed by atoms with E-state index in [-0.39, 0.29) is 12.5 Å². The first-order valence-corrected chi connectivity index (χ1v) is 8.02. The number of aromatic nitrogens is 2. The molecule has 1 heterocycles. The standard InChI is InChI=1S/C17H22N4O4/c1-10(2)8-14(16(22)23)20-17(24)18-9-12-4-6-13(7-5-12)15-19-11(3)25-21-15/h4-7,10,14H,8-9H2,1-3H3,(H,22,23)(H2,18,20,24)/t14-/m0/s1. The van der Waals surface area contributed by atoms with E-state index in [4.69, 9.17) is 9.63 Å². The lowest BCUT2D eigenvalue weighted by atomic mass is 10.0. The highest BCUT2D eigenvalue weighted by atomic mass is 16.5. The zero-order chi connectivity index (χ0) is 18.4. The van der Waals surface area contributed by atoms with E-state index < -0.39 is 18.0 Å². The first-order valence-electron chi connectivity index (χ1n) is 8.02. The van der Waals surface area contributed by atoms with Crippen molar-refractivity contribution in [3.63, 3.8) is 0 Å². The molecule has 1 aromatic carbocycles. The van der Waals surface area contributed by atoms with E-state index in [1.165, 1.54) is 0 Å². The van der Waals surface area contributed by atoms with Crippen LogP contribution in [0.2, 0.25) is 0 Å². The molecule has 2 aromatic rings. The Hall–Kier alpha value is -2.90. The SMILES string of the molecule is Cc1nc(-c2ccc(CNC(=O)N[C@@H](CC(C)C)C(=O)O)cc2)no1. The third-order valence-corrected chi connectivity index (χ3v) is 3.50. The van der Waals surface area contributed by atoms with Gasteiger partial charge in [0.2, 0.25) is 11.7 Å². The molecule has 0 aliphatic rings. The summed E-state index contributed by atoms with van der Waals surface area (Å²) in [5, 5.41) is 18.1. The Morgan fingerprint density at radius 3 is 2.44 bits per heavy atom. The molecule has 0 saturated carbocycles. The number of aliphatic carboxylic acids is 1. The van der Waals surface area contributed by atoms with E-state index >= 15 is 0 Å². The van der Waals surface area contributed by atoms with Gasteiger partial charge in [0.1, 0.15) is 6.04 Å². The molecule has 25 heavy (non-hydrogen) atoms. The van der Waals surface area contributed by atoms with Crippen LogP contribution in [0.5, 0.6) is 0 Å². The number of carboxylic acid groups (broad SMARTS) is 1. The minimum atomic E-state index is -1.04. The molecule has 2 rings (SSSR count). The molecule has 8 nitrogen and oxygen atoms in total. The Morgan fingerprint density at radius 1 is 1.24 bits per heavy atom. The Kier molecular flexibility index (Phi) is 6.10. The van der Waals surface area contributed by atoms with Gasteiger partial charge in [-0.3, -0.25) is 0 Å². The second-order valence-electron chi connectivity index (χ2n) is 6.18. The predicted molar refractivity (Wildman–Crippen MR) is 90.7 cm³/mol. The molecule has 0 aliphatic carbocycles. The lowest BCUT2D eigenvalue weighted by Gasteiger charge is -2.17. The largest absolute Gasteiger partial charge is 0.480 e. The fraction of sp³-hybridized carbons (Fsp3) is 0.412. The highest BCUT2D eigenvalue weighted by Gasteiger charge is 2.20. The number of amides is 2. The minimum Gasteiger partial charge on any atom is -0.480 e. The lowest BCUT2D eigenvalue weighted by Crippen LogP contribution is -2.46. The van der Waals surface area contributed by atoms with Gasteiger partial charge in [-0.25, -0.2) is 9.59 Å². The minimum absolute atomic E-state index is 0.169. The fourth-order valence-corrected chi connectivity index (χ4v) is 2.27. The van der Waals surface area contributed by atoms with E-state index in [9.17, 15) is 9.59 Å². The van der Waals surface area contributed by atoms with Crippen LogP contribution in [-0.2, 0) is 11.3 Å². The van der Waals surface area contributed by atoms with Crippen LogP contribution in [0.1, 0.15) is 31.7 Å². The lowest BCUT2D eigenvalue weighted by molar-refractivity contribution is -0.139. The summed E-state index contributed by atoms with van der Waals surface area (Å²) in [6, 6.07) is 5.93. The number of benzene rings is 1. The van der Waals surface area contributed by atoms with E-state index in [0.717, 1.165) is 11.1 Å². The molecule has 0 fully saturated rings. The van der Waals surface area contributed by atoms with Crippen molar-refractivity contribution in [2.75, 3.05) is 0 Å². The van der Waals surface area contributed by atoms with Crippen molar-refractivity contribution in [1.29, 1.82) is 0 Å². The van der Waals surface area contributed by atoms with Crippen molar-refractivity contribution < 1.29 is 19.2 Å². The van der Waals surface area contributed by atoms with Gasteiger partial charge in [0.25, 0.3) is 0 Å². The maximum atomic E-state index is 11.9. The Bertz CT molecular complexity index is 725. The van der Waals surface area contributed by atoms with Crippen LogP contribution in [0.4, 0.5) is 4.79 Å². The molecule has 0 bridgehead atoms. The number of nitrogens with zero attached hydrogens (tertiary/aromatic N) is 2. The van der Waals surface area contributed by atoms with Gasteiger partial charge in [-0.2, -0.15) is 4.98 Å². The highest BCUT2D eigenvalue weighted by Crippen LogP contribution is 2.16. The number of carboxylic acids is 1. The Morgan fingerprint density at radius 2 is 1.92 bits per heavy atom. The molecular formula is C17H22N4O4. The first kappa shape index (κ1) is 18.4. The molecule has 0 aliphatic heterocycles. The molecule has 2 amide bonds. The van der Waals surface area contributed by atoms with Crippen LogP contribution < -0.4 is 10.6 Å². The summed E-state index contributed by atoms with van der Waals surface area (Å²) in [5.41, 5.74) is 1.68. The third kappa shape index (κ3) is 5.59. The van der Waals surface area contributed by atoms with Crippen LogP contribution in [0.3, 0.4) is 0 Å². The second kappa shape index (κ2) is 8.27. The van der Waals surface area contributed by atoms with Crippen molar-refractivity contribution in [3.8, 4) is 11.4 Å². The van der Waals surface area contributed by atoms with Crippen LogP contribution in [0.15, 0.2) is 28.8 Å². The van der Waals surface area contributed by atoms with Crippen LogP contribution >= 0.6 is 0 Å². The molecule has 1 aromatic heterocycles. The summed E-state index contributed by atoms with van der Waals surface area (Å²) in [7, 11) is 0. The van der Waals surface area contributed by atoms with Gasteiger partial charge in [-0.05, 0) is 17.9 Å². The molecule has 0 saturated heterocycles. The van der Waals surface area contributed by atoms with Gasteiger partial charge in [-0.1, -0.05) is 43.3 Å². The number of nitrogens with one attached hydrogen (secondary N) is 2. The van der Waals surface area contributed by atoms with Crippen molar-refractivity contribution in [2.24, 2.45) is 5.92 Å². The zero-order valence-electron chi connectivity index (χ0n) is 14.4. The summed E-state index contributed by atoms with van der Waals surface area (Å²) in [5.74, 6) is 0.130. The Balaban J connectivity index is 1.88. The summed E-state index contributed by atoms with van der Waals surface area (Å²) in [4.78, 5) is 27.2. The monoisotopic (exact) mass is 346 g/mol. The summed E-state index contributed by atoms with van der Waals surface area (Å²) in [6.45, 7) is 5.81. The number of urea groups is 1. The molecule has 3 N–H and O–H groups in total. The van der Waals surface area contributed by atoms with Gasteiger partial charge in [0.15, 0.2) is 0 Å². The average molecular weight is 346 g/mol. The average Bonchev–Trinajstić information content (AvgIpc) is 2.99. The quantitative estimate of drug-likeness (QED) is 0.708. The summed E-state index contributed by atoms with van der Waals surface area (Å²) >= 11 is 0. The van der Waals surface area contributed by atoms with Crippen LogP contribution in [0, 0.1) is 12.8 Å². The van der Waals surface area contributed by atoms with Gasteiger partial charge in [-0.15, -0.1) is 0 Å². The smallest absolute Gasteiger partial charge is 0.326 e. The van der Waals surface area contributed by atoms with Gasteiger partial charge in [0, 0.05) is 19.0 Å². The Labute approximate surface area is 145 Å². The van der Waals surface area contributed by atoms with E-state index in [1.807, 2.05) is 38.1 Å². The van der Waals surface area contributed by atoms with E-state index in [1.54, 1.807) is 6.92 Å². The fourth-order valence-electron chi connectivity index (χ4n) is 2.27. The van der Waals surface area contributed by atoms with E-state index in [2.05, 4.69) is 20.8 Å². The van der Waals surface area contributed by atoms with Gasteiger partial charge < -0.3 is 20.3 Å². The normalized spacial score (nSPS) is 12.0. The van der Waals surface area contributed by atoms with Crippen molar-refractivity contribution in [3.05, 3.63) is 35.7 Å². The van der Waals surface area contributed by atoms with Crippen molar-refractivity contribution in [1.82, 2.24) is 20.8 Å². The number of hydrogen-bond acceptors (Lipinski definition) is 5. The van der Waals surface area contributed by atoms with Crippen LogP contribution in [0.25, 0.3) is 11.4 Å². The molecule has 1 atom stereocenters. The van der Waals surface area contributed by atoms with Crippen LogP contribution in [-0.4, -0.2) is 33.3 Å². The molecule has 134 valence electrons. The number of carbonyl (C=O) groups excluding carboxylic acids is 1. The van der Waals surface area contributed by atoms with Crippen molar-refractivity contribution in [2.45, 2.75) is 39.8 Å². The summed E-state index contributed by atoms with van der Waals surface area (Å²) < 4.78 is 4.94. The second-order valence-corrected chi connectivity index (χ2v) is 6.18. The van der Waals surface area contributed by atoms with E-state index in [0.29, 0.717) is 18.1 Å². The predicted octanol–water partition coefficient (Wildman–Crippen LogP) is 2.34. The molecule has 8 heteroatoms. The van der Waals surface area contributed by atoms with Gasteiger partial charge >= 0.3 is 12.0 Å². The zero-order valence-corrected chi connectivity index (χ0v) is 14.4. The first-order chi connectivity index (χ1) is 11.8. The molecule has 0 radical (unpaired) electrons. The topological polar surface area (TPSA) is 117 Å². The maximum Gasteiger partial charge on any atom is 0.326 e. The van der Waals surface area contributed by atoms with Gasteiger partial charge in [0.05, 0.1) is 0 Å². The molecule has 0 unspecified atom stereocenters. The molecule has 0 spiro atoms. The number of hydrogen-bond donors (Lipinski definition) is 3. The molecular weight excluding hydrogens is 324 g/mol. The summed E-state index contributed by atoms with van der Waals surface area (Å²) in [6.07, 6.45) is 0.377.